The Balaban J connectivity index is 1.62. The predicted octanol–water partition coefficient (Wildman–Crippen LogP) is 6.53. The van der Waals surface area contributed by atoms with E-state index in [1.165, 1.54) is 11.8 Å². The number of aliphatic imine (C=N–C) groups is 1. The van der Waals surface area contributed by atoms with Crippen molar-refractivity contribution in [2.45, 2.75) is 11.8 Å². The van der Waals surface area contributed by atoms with Gasteiger partial charge in [0.1, 0.15) is 10.7 Å². The number of aryl methyl sites for hydroxylation is 1. The van der Waals surface area contributed by atoms with Crippen LogP contribution >= 0.6 is 35.1 Å². The number of hydrogen-bond acceptors (Lipinski definition) is 6. The number of aromatic hydroxyl groups is 1. The van der Waals surface area contributed by atoms with Crippen LogP contribution in [0.5, 0.6) is 5.75 Å². The van der Waals surface area contributed by atoms with Crippen molar-refractivity contribution in [3.8, 4) is 5.75 Å². The van der Waals surface area contributed by atoms with Gasteiger partial charge in [-0.2, -0.15) is 0 Å². The molecule has 160 valence electrons. The molecule has 2 aliphatic rings. The van der Waals surface area contributed by atoms with E-state index in [-0.39, 0.29) is 11.7 Å². The predicted molar refractivity (Wildman–Crippen MR) is 134 cm³/mol. The zero-order valence-corrected chi connectivity index (χ0v) is 19.6. The SMILES string of the molecule is Cc1ccc(N=C2SC(=C3Sc4ccccc4N3C)C(=O)N2c2ccc(O)cc2)cc1Cl. The van der Waals surface area contributed by atoms with E-state index in [2.05, 4.69) is 6.07 Å². The highest BCUT2D eigenvalue weighted by Gasteiger charge is 2.40. The maximum atomic E-state index is 13.6. The fourth-order valence-corrected chi connectivity index (χ4v) is 5.99. The number of benzene rings is 3. The van der Waals surface area contributed by atoms with Gasteiger partial charge in [0.25, 0.3) is 5.91 Å². The van der Waals surface area contributed by atoms with Gasteiger partial charge < -0.3 is 10.0 Å². The second-order valence-corrected chi connectivity index (χ2v) is 9.77. The molecule has 0 aliphatic carbocycles. The summed E-state index contributed by atoms with van der Waals surface area (Å²) in [5, 5.41) is 11.7. The van der Waals surface area contributed by atoms with Gasteiger partial charge in [0.2, 0.25) is 0 Å². The van der Waals surface area contributed by atoms with Crippen LogP contribution in [0.1, 0.15) is 5.56 Å². The molecular weight excluding hydrogens is 462 g/mol. The number of para-hydroxylation sites is 1. The Morgan fingerprint density at radius 1 is 1.00 bits per heavy atom. The number of thioether (sulfide) groups is 2. The van der Waals surface area contributed by atoms with E-state index in [1.54, 1.807) is 47.0 Å². The Bertz CT molecular complexity index is 1300. The molecule has 1 saturated heterocycles. The minimum Gasteiger partial charge on any atom is -0.508 e. The number of rotatable bonds is 2. The largest absolute Gasteiger partial charge is 0.508 e. The lowest BCUT2D eigenvalue weighted by Gasteiger charge is -2.17. The van der Waals surface area contributed by atoms with Crippen molar-refractivity contribution >= 4 is 63.3 Å². The molecule has 0 radical (unpaired) electrons. The van der Waals surface area contributed by atoms with Crippen molar-refractivity contribution in [1.82, 2.24) is 0 Å². The van der Waals surface area contributed by atoms with Crippen molar-refractivity contribution in [3.63, 3.8) is 0 Å². The normalized spacial score (nSPS) is 19.2. The van der Waals surface area contributed by atoms with Gasteiger partial charge in [0.05, 0.1) is 22.1 Å². The van der Waals surface area contributed by atoms with Crippen molar-refractivity contribution in [2.24, 2.45) is 4.99 Å². The molecule has 3 aromatic rings. The Morgan fingerprint density at radius 2 is 1.75 bits per heavy atom. The van der Waals surface area contributed by atoms with Gasteiger partial charge in [-0.15, -0.1) is 0 Å². The smallest absolute Gasteiger partial charge is 0.274 e. The van der Waals surface area contributed by atoms with Crippen molar-refractivity contribution in [3.05, 3.63) is 87.3 Å². The van der Waals surface area contributed by atoms with Gasteiger partial charge in [-0.25, -0.2) is 4.99 Å². The Morgan fingerprint density at radius 3 is 2.47 bits per heavy atom. The molecule has 0 atom stereocenters. The number of fused-ring (bicyclic) bond motifs is 1. The van der Waals surface area contributed by atoms with Gasteiger partial charge in [-0.3, -0.25) is 9.69 Å². The lowest BCUT2D eigenvalue weighted by molar-refractivity contribution is -0.113. The monoisotopic (exact) mass is 479 g/mol. The molecule has 1 N–H and O–H groups in total. The molecule has 2 heterocycles. The van der Waals surface area contributed by atoms with Gasteiger partial charge in [-0.1, -0.05) is 41.6 Å². The molecular formula is C24H18ClN3O2S2. The number of phenolic OH excluding ortho intramolecular Hbond substituents is 1. The average molecular weight is 480 g/mol. The van der Waals surface area contributed by atoms with E-state index in [0.29, 0.717) is 26.5 Å². The average Bonchev–Trinajstić information content (AvgIpc) is 3.28. The summed E-state index contributed by atoms with van der Waals surface area (Å²) >= 11 is 9.22. The summed E-state index contributed by atoms with van der Waals surface area (Å²) in [7, 11) is 1.97. The molecule has 5 nitrogen and oxygen atoms in total. The molecule has 0 aromatic heterocycles. The van der Waals surface area contributed by atoms with E-state index in [4.69, 9.17) is 16.6 Å². The maximum Gasteiger partial charge on any atom is 0.274 e. The van der Waals surface area contributed by atoms with E-state index in [0.717, 1.165) is 21.2 Å². The Hall–Kier alpha value is -2.87. The van der Waals surface area contributed by atoms with Crippen LogP contribution in [-0.4, -0.2) is 23.2 Å². The number of carbonyl (C=O) groups is 1. The first-order chi connectivity index (χ1) is 15.4. The molecule has 1 fully saturated rings. The molecule has 1 amide bonds. The molecule has 0 saturated carbocycles. The summed E-state index contributed by atoms with van der Waals surface area (Å²) in [6.45, 7) is 1.93. The summed E-state index contributed by atoms with van der Waals surface area (Å²) in [5.74, 6) is -0.0169. The number of amidine groups is 1. The molecule has 8 heteroatoms. The zero-order chi connectivity index (χ0) is 22.4. The van der Waals surface area contributed by atoms with Crippen LogP contribution in [-0.2, 0) is 4.79 Å². The quantitative estimate of drug-likeness (QED) is 0.423. The number of hydrogen-bond donors (Lipinski definition) is 1. The first kappa shape index (κ1) is 21.0. The maximum absolute atomic E-state index is 13.6. The highest BCUT2D eigenvalue weighted by atomic mass is 35.5. The van der Waals surface area contributed by atoms with Crippen LogP contribution in [0.25, 0.3) is 0 Å². The van der Waals surface area contributed by atoms with E-state index >= 15 is 0 Å². The molecule has 0 spiro atoms. The fourth-order valence-electron chi connectivity index (χ4n) is 3.47. The number of anilines is 2. The molecule has 0 bridgehead atoms. The van der Waals surface area contributed by atoms with Gasteiger partial charge in [-0.05, 0) is 72.8 Å². The minimum atomic E-state index is -0.153. The highest BCUT2D eigenvalue weighted by molar-refractivity contribution is 8.20. The highest BCUT2D eigenvalue weighted by Crippen LogP contribution is 2.50. The lowest BCUT2D eigenvalue weighted by Crippen LogP contribution is -2.29. The van der Waals surface area contributed by atoms with Crippen LogP contribution in [0.4, 0.5) is 17.1 Å². The fraction of sp³-hybridized carbons (Fsp3) is 0.0833. The summed E-state index contributed by atoms with van der Waals surface area (Å²) in [4.78, 5) is 23.7. The van der Waals surface area contributed by atoms with Crippen LogP contribution in [0.15, 0.2) is 86.6 Å². The second-order valence-electron chi connectivity index (χ2n) is 7.35. The molecule has 5 rings (SSSR count). The summed E-state index contributed by atoms with van der Waals surface area (Å²) in [6, 6.07) is 20.2. The molecule has 0 unspecified atom stereocenters. The topological polar surface area (TPSA) is 56.1 Å². The lowest BCUT2D eigenvalue weighted by atomic mass is 10.2. The van der Waals surface area contributed by atoms with Gasteiger partial charge in [0.15, 0.2) is 5.17 Å². The third kappa shape index (κ3) is 3.66. The van der Waals surface area contributed by atoms with Gasteiger partial charge in [0, 0.05) is 17.0 Å². The first-order valence-corrected chi connectivity index (χ1v) is 11.8. The number of phenols is 1. The molecule has 32 heavy (non-hydrogen) atoms. The second kappa shape index (κ2) is 8.24. The molecule has 2 aliphatic heterocycles. The Labute approximate surface area is 199 Å². The molecule has 3 aromatic carbocycles. The Kier molecular flexibility index (Phi) is 5.41. The number of nitrogens with zero attached hydrogens (tertiary/aromatic N) is 3. The van der Waals surface area contributed by atoms with Crippen LogP contribution in [0.2, 0.25) is 5.02 Å². The van der Waals surface area contributed by atoms with Crippen molar-refractivity contribution < 1.29 is 9.90 Å². The van der Waals surface area contributed by atoms with Crippen LogP contribution < -0.4 is 9.80 Å². The van der Waals surface area contributed by atoms with Crippen molar-refractivity contribution in [1.29, 1.82) is 0 Å². The van der Waals surface area contributed by atoms with Crippen LogP contribution in [0.3, 0.4) is 0 Å². The van der Waals surface area contributed by atoms with Gasteiger partial charge >= 0.3 is 0 Å². The third-order valence-corrected chi connectivity index (χ3v) is 8.00. The summed E-state index contributed by atoms with van der Waals surface area (Å²) < 4.78 is 0. The van der Waals surface area contributed by atoms with E-state index in [9.17, 15) is 9.90 Å². The zero-order valence-electron chi connectivity index (χ0n) is 17.2. The summed E-state index contributed by atoms with van der Waals surface area (Å²) in [5.41, 5.74) is 3.34. The van der Waals surface area contributed by atoms with E-state index in [1.807, 2.05) is 49.2 Å². The standard InChI is InChI=1S/C24H18ClN3O2S2/c1-14-7-8-15(13-18(14)25)26-24-28(16-9-11-17(29)12-10-16)22(30)21(32-24)23-27(2)19-5-3-4-6-20(19)31-23/h3-13,29H,1-2H3. The number of carbonyl (C=O) groups excluding carboxylic acids is 1. The third-order valence-electron chi connectivity index (χ3n) is 5.20. The first-order valence-electron chi connectivity index (χ1n) is 9.83. The minimum absolute atomic E-state index is 0.136. The van der Waals surface area contributed by atoms with E-state index < -0.39 is 0 Å². The summed E-state index contributed by atoms with van der Waals surface area (Å²) in [6.07, 6.45) is 0. The number of amides is 1. The van der Waals surface area contributed by atoms with Crippen LogP contribution in [0, 0.1) is 6.92 Å². The van der Waals surface area contributed by atoms with Crippen molar-refractivity contribution in [2.75, 3.05) is 16.8 Å². The number of halogens is 1.